The van der Waals surface area contributed by atoms with Crippen LogP contribution in [0, 0.1) is 6.92 Å². The van der Waals surface area contributed by atoms with Crippen LogP contribution in [0.15, 0.2) is 41.8 Å². The van der Waals surface area contributed by atoms with Crippen LogP contribution in [0.3, 0.4) is 0 Å². The van der Waals surface area contributed by atoms with E-state index in [1.165, 1.54) is 16.0 Å². The molecular weight excluding hydrogens is 252 g/mol. The lowest BCUT2D eigenvalue weighted by atomic mass is 10.00. The zero-order valence-corrected chi connectivity index (χ0v) is 12.5. The van der Waals surface area contributed by atoms with Crippen molar-refractivity contribution in [2.45, 2.75) is 19.4 Å². The predicted molar refractivity (Wildman–Crippen MR) is 83.6 cm³/mol. The van der Waals surface area contributed by atoms with Crippen molar-refractivity contribution < 1.29 is 0 Å². The van der Waals surface area contributed by atoms with Crippen molar-refractivity contribution in [3.8, 4) is 0 Å². The number of thiophene rings is 1. The van der Waals surface area contributed by atoms with Gasteiger partial charge in [0.25, 0.3) is 0 Å². The quantitative estimate of drug-likeness (QED) is 0.876. The number of rotatable bonds is 6. The second-order valence-corrected chi connectivity index (χ2v) is 5.95. The minimum Gasteiger partial charge on any atom is -0.329 e. The van der Waals surface area contributed by atoms with Gasteiger partial charge in [-0.25, -0.2) is 0 Å². The largest absolute Gasteiger partial charge is 0.329 e. The summed E-state index contributed by atoms with van der Waals surface area (Å²) in [7, 11) is 2.16. The summed E-state index contributed by atoms with van der Waals surface area (Å²) in [6.07, 6.45) is 1.09. The first-order chi connectivity index (χ1) is 9.22. The van der Waals surface area contributed by atoms with Gasteiger partial charge >= 0.3 is 0 Å². The molecular formula is C16H22N2S. The molecule has 0 bridgehead atoms. The molecule has 0 saturated heterocycles. The fourth-order valence-corrected chi connectivity index (χ4v) is 3.10. The maximum absolute atomic E-state index is 5.98. The molecule has 2 rings (SSSR count). The molecule has 3 heteroatoms. The van der Waals surface area contributed by atoms with Crippen LogP contribution in [-0.2, 0) is 6.42 Å². The number of nitrogens with zero attached hydrogens (tertiary/aromatic N) is 1. The lowest BCUT2D eigenvalue weighted by molar-refractivity contribution is 0.253. The van der Waals surface area contributed by atoms with Gasteiger partial charge in [0.05, 0.1) is 0 Å². The standard InChI is InChI=1S/C16H22N2S/c1-13-6-3-4-8-15(13)16(12-17)18(2)10-9-14-7-5-11-19-14/h3-8,11,16H,9-10,12,17H2,1-2H3. The number of likely N-dealkylation sites (N-methyl/N-ethyl adjacent to an activating group) is 1. The Hall–Kier alpha value is -1.16. The second kappa shape index (κ2) is 6.85. The van der Waals surface area contributed by atoms with E-state index in [0.29, 0.717) is 12.6 Å². The van der Waals surface area contributed by atoms with E-state index in [1.807, 2.05) is 11.3 Å². The molecule has 2 aromatic rings. The molecule has 1 heterocycles. The van der Waals surface area contributed by atoms with Gasteiger partial charge in [0.2, 0.25) is 0 Å². The molecule has 0 saturated carbocycles. The number of nitrogens with two attached hydrogens (primary N) is 1. The summed E-state index contributed by atoms with van der Waals surface area (Å²) in [5, 5.41) is 2.14. The van der Waals surface area contributed by atoms with Gasteiger partial charge in [0.15, 0.2) is 0 Å². The van der Waals surface area contributed by atoms with Crippen molar-refractivity contribution in [2.24, 2.45) is 5.73 Å². The van der Waals surface area contributed by atoms with Crippen molar-refractivity contribution in [3.63, 3.8) is 0 Å². The Morgan fingerprint density at radius 3 is 2.63 bits per heavy atom. The maximum Gasteiger partial charge on any atom is 0.0470 e. The molecule has 102 valence electrons. The van der Waals surface area contributed by atoms with E-state index in [9.17, 15) is 0 Å². The zero-order chi connectivity index (χ0) is 13.7. The van der Waals surface area contributed by atoms with Gasteiger partial charge in [-0.2, -0.15) is 0 Å². The monoisotopic (exact) mass is 274 g/mol. The highest BCUT2D eigenvalue weighted by Gasteiger charge is 2.16. The summed E-state index contributed by atoms with van der Waals surface area (Å²) < 4.78 is 0. The van der Waals surface area contributed by atoms with Crippen LogP contribution in [0.1, 0.15) is 22.0 Å². The van der Waals surface area contributed by atoms with E-state index in [1.54, 1.807) is 0 Å². The second-order valence-electron chi connectivity index (χ2n) is 4.92. The van der Waals surface area contributed by atoms with Crippen molar-refractivity contribution in [3.05, 3.63) is 57.8 Å². The average Bonchev–Trinajstić information content (AvgIpc) is 2.92. The Labute approximate surface area is 119 Å². The Morgan fingerprint density at radius 2 is 2.00 bits per heavy atom. The third-order valence-electron chi connectivity index (χ3n) is 3.59. The average molecular weight is 274 g/mol. The van der Waals surface area contributed by atoms with Gasteiger partial charge in [-0.3, -0.25) is 4.90 Å². The highest BCUT2D eigenvalue weighted by Crippen LogP contribution is 2.22. The van der Waals surface area contributed by atoms with Gasteiger partial charge in [-0.1, -0.05) is 30.3 Å². The van der Waals surface area contributed by atoms with Gasteiger partial charge in [-0.15, -0.1) is 11.3 Å². The SMILES string of the molecule is Cc1ccccc1C(CN)N(C)CCc1cccs1. The van der Waals surface area contributed by atoms with Crippen LogP contribution >= 0.6 is 11.3 Å². The predicted octanol–water partition coefficient (Wildman–Crippen LogP) is 3.23. The van der Waals surface area contributed by atoms with Crippen molar-refractivity contribution in [1.82, 2.24) is 4.90 Å². The van der Waals surface area contributed by atoms with Crippen molar-refractivity contribution in [2.75, 3.05) is 20.1 Å². The minimum atomic E-state index is 0.307. The van der Waals surface area contributed by atoms with Gasteiger partial charge in [0, 0.05) is 24.0 Å². The first-order valence-electron chi connectivity index (χ1n) is 6.70. The summed E-state index contributed by atoms with van der Waals surface area (Å²) in [5.41, 5.74) is 8.65. The summed E-state index contributed by atoms with van der Waals surface area (Å²) in [4.78, 5) is 3.80. The third-order valence-corrected chi connectivity index (χ3v) is 4.53. The number of hydrogen-bond donors (Lipinski definition) is 1. The van der Waals surface area contributed by atoms with E-state index < -0.39 is 0 Å². The van der Waals surface area contributed by atoms with Gasteiger partial charge in [-0.05, 0) is 43.0 Å². The molecule has 0 radical (unpaired) electrons. The first-order valence-corrected chi connectivity index (χ1v) is 7.58. The molecule has 0 fully saturated rings. The van der Waals surface area contributed by atoms with Gasteiger partial charge < -0.3 is 5.73 Å². The number of benzene rings is 1. The first kappa shape index (κ1) is 14.3. The fraction of sp³-hybridized carbons (Fsp3) is 0.375. The fourth-order valence-electron chi connectivity index (χ4n) is 2.40. The van der Waals surface area contributed by atoms with E-state index in [4.69, 9.17) is 5.73 Å². The molecule has 19 heavy (non-hydrogen) atoms. The summed E-state index contributed by atoms with van der Waals surface area (Å²) in [5.74, 6) is 0. The highest BCUT2D eigenvalue weighted by atomic mass is 32.1. The van der Waals surface area contributed by atoms with Crippen LogP contribution in [-0.4, -0.2) is 25.0 Å². The normalized spacial score (nSPS) is 12.8. The molecule has 1 atom stereocenters. The molecule has 1 unspecified atom stereocenters. The van der Waals surface area contributed by atoms with Crippen molar-refractivity contribution in [1.29, 1.82) is 0 Å². The van der Waals surface area contributed by atoms with E-state index in [2.05, 4.69) is 60.6 Å². The van der Waals surface area contributed by atoms with Gasteiger partial charge in [0.1, 0.15) is 0 Å². The molecule has 2 N–H and O–H groups in total. The van der Waals surface area contributed by atoms with Crippen LogP contribution in [0.2, 0.25) is 0 Å². The Balaban J connectivity index is 2.03. The van der Waals surface area contributed by atoms with Crippen LogP contribution in [0.4, 0.5) is 0 Å². The lowest BCUT2D eigenvalue weighted by Gasteiger charge is -2.28. The minimum absolute atomic E-state index is 0.307. The molecule has 1 aromatic carbocycles. The Bertz CT molecular complexity index is 493. The highest BCUT2D eigenvalue weighted by molar-refractivity contribution is 7.09. The molecule has 0 aliphatic heterocycles. The van der Waals surface area contributed by atoms with E-state index in [-0.39, 0.29) is 0 Å². The number of hydrogen-bond acceptors (Lipinski definition) is 3. The molecule has 0 amide bonds. The van der Waals surface area contributed by atoms with Crippen LogP contribution in [0.25, 0.3) is 0 Å². The zero-order valence-electron chi connectivity index (χ0n) is 11.7. The summed E-state index contributed by atoms with van der Waals surface area (Å²) in [6.45, 7) is 3.85. The molecule has 0 spiro atoms. The Morgan fingerprint density at radius 1 is 1.21 bits per heavy atom. The Kier molecular flexibility index (Phi) is 5.14. The lowest BCUT2D eigenvalue weighted by Crippen LogP contribution is -2.32. The molecule has 2 nitrogen and oxygen atoms in total. The molecule has 0 aliphatic rings. The summed E-state index contributed by atoms with van der Waals surface area (Å²) in [6, 6.07) is 13.1. The van der Waals surface area contributed by atoms with Crippen molar-refractivity contribution >= 4 is 11.3 Å². The third kappa shape index (κ3) is 3.66. The topological polar surface area (TPSA) is 29.3 Å². The van der Waals surface area contributed by atoms with Crippen LogP contribution in [0.5, 0.6) is 0 Å². The molecule has 1 aromatic heterocycles. The van der Waals surface area contributed by atoms with E-state index >= 15 is 0 Å². The maximum atomic E-state index is 5.98. The summed E-state index contributed by atoms with van der Waals surface area (Å²) >= 11 is 1.83. The smallest absolute Gasteiger partial charge is 0.0470 e. The molecule has 0 aliphatic carbocycles. The number of aryl methyl sites for hydroxylation is 1. The van der Waals surface area contributed by atoms with E-state index in [0.717, 1.165) is 13.0 Å². The van der Waals surface area contributed by atoms with Crippen LogP contribution < -0.4 is 5.73 Å².